The molecule has 1 heterocycles. The van der Waals surface area contributed by atoms with E-state index in [0.29, 0.717) is 18.1 Å². The topological polar surface area (TPSA) is 67.9 Å². The van der Waals surface area contributed by atoms with Gasteiger partial charge >= 0.3 is 6.09 Å². The smallest absolute Gasteiger partial charge is 0.407 e. The molecule has 1 aromatic carbocycles. The minimum Gasteiger partial charge on any atom is -0.489 e. The first kappa shape index (κ1) is 20.2. The van der Waals surface area contributed by atoms with E-state index in [1.54, 1.807) is 32.9 Å². The lowest BCUT2D eigenvalue weighted by molar-refractivity contribution is 0.0531. The summed E-state index contributed by atoms with van der Waals surface area (Å²) in [4.78, 5) is 26.2. The summed E-state index contributed by atoms with van der Waals surface area (Å²) >= 11 is 0. The minimum absolute atomic E-state index is 0.00672. The number of fused-ring (bicyclic) bond motifs is 1. The van der Waals surface area contributed by atoms with Crippen LogP contribution < -0.4 is 10.1 Å². The van der Waals surface area contributed by atoms with Gasteiger partial charge in [0.25, 0.3) is 5.91 Å². The third kappa shape index (κ3) is 5.24. The molecule has 7 heteroatoms. The average Bonchev–Trinajstić information content (AvgIpc) is 3.45. The van der Waals surface area contributed by atoms with E-state index < -0.39 is 11.7 Å². The van der Waals surface area contributed by atoms with E-state index in [0.717, 1.165) is 36.9 Å². The number of carbonyl (C=O) groups is 2. The summed E-state index contributed by atoms with van der Waals surface area (Å²) in [5.41, 5.74) is 1.34. The second-order valence-electron chi connectivity index (χ2n) is 8.21. The van der Waals surface area contributed by atoms with Crippen molar-refractivity contribution in [2.75, 3.05) is 19.7 Å². The van der Waals surface area contributed by atoms with Crippen LogP contribution in [0.3, 0.4) is 0 Å². The quantitative estimate of drug-likeness (QED) is 0.806. The normalized spacial score (nSPS) is 17.2. The van der Waals surface area contributed by atoms with Gasteiger partial charge in [-0.2, -0.15) is 0 Å². The number of ether oxygens (including phenoxy) is 2. The number of hydrogen-bond donors (Lipinski definition) is 1. The molecule has 1 N–H and O–H groups in total. The monoisotopic (exact) mass is 390 g/mol. The maximum absolute atomic E-state index is 13.1. The summed E-state index contributed by atoms with van der Waals surface area (Å²) in [7, 11) is 0. The van der Waals surface area contributed by atoms with E-state index in [-0.39, 0.29) is 24.6 Å². The van der Waals surface area contributed by atoms with E-state index in [4.69, 9.17) is 9.47 Å². The lowest BCUT2D eigenvalue weighted by Crippen LogP contribution is -2.39. The zero-order valence-corrected chi connectivity index (χ0v) is 16.6. The minimum atomic E-state index is -0.615. The van der Waals surface area contributed by atoms with Crippen molar-refractivity contribution < 1.29 is 23.5 Å². The van der Waals surface area contributed by atoms with Gasteiger partial charge in [0, 0.05) is 30.3 Å². The van der Waals surface area contributed by atoms with Gasteiger partial charge in [-0.25, -0.2) is 9.18 Å². The van der Waals surface area contributed by atoms with Crippen LogP contribution in [-0.2, 0) is 11.2 Å². The number of alkyl carbamates (subject to hydrolysis) is 1. The number of amides is 2. The van der Waals surface area contributed by atoms with Crippen LogP contribution >= 0.6 is 0 Å². The predicted octanol–water partition coefficient (Wildman–Crippen LogP) is 3.60. The molecule has 0 saturated heterocycles. The summed E-state index contributed by atoms with van der Waals surface area (Å²) < 4.78 is 23.9. The van der Waals surface area contributed by atoms with Crippen LogP contribution in [0.15, 0.2) is 30.1 Å². The molecule has 1 fully saturated rings. The van der Waals surface area contributed by atoms with E-state index in [9.17, 15) is 14.0 Å². The van der Waals surface area contributed by atoms with Crippen LogP contribution in [0.1, 0.15) is 49.5 Å². The van der Waals surface area contributed by atoms with E-state index in [1.807, 2.05) is 11.0 Å². The van der Waals surface area contributed by atoms with Crippen LogP contribution in [0, 0.1) is 0 Å². The van der Waals surface area contributed by atoms with Gasteiger partial charge in [0.1, 0.15) is 18.0 Å². The summed E-state index contributed by atoms with van der Waals surface area (Å²) in [5, 5.41) is 2.50. The first-order valence-corrected chi connectivity index (χ1v) is 9.58. The van der Waals surface area contributed by atoms with Gasteiger partial charge in [0.2, 0.25) is 0 Å². The van der Waals surface area contributed by atoms with Crippen molar-refractivity contribution in [2.45, 2.75) is 51.7 Å². The van der Waals surface area contributed by atoms with Crippen LogP contribution in [-0.4, -0.2) is 48.2 Å². The highest BCUT2D eigenvalue weighted by Crippen LogP contribution is 2.32. The largest absolute Gasteiger partial charge is 0.489 e. The second-order valence-corrected chi connectivity index (χ2v) is 8.21. The van der Waals surface area contributed by atoms with Crippen LogP contribution in [0.4, 0.5) is 9.18 Å². The molecule has 6 nitrogen and oxygen atoms in total. The number of carbonyl (C=O) groups excluding carboxylic acids is 2. The van der Waals surface area contributed by atoms with Gasteiger partial charge in [0.15, 0.2) is 0 Å². The van der Waals surface area contributed by atoms with E-state index in [2.05, 4.69) is 5.32 Å². The highest BCUT2D eigenvalue weighted by molar-refractivity contribution is 5.97. The molecule has 0 aromatic heterocycles. The number of benzene rings is 1. The summed E-state index contributed by atoms with van der Waals surface area (Å²) in [5.74, 6) is 0.657. The van der Waals surface area contributed by atoms with Gasteiger partial charge in [0.05, 0.1) is 6.33 Å². The van der Waals surface area contributed by atoms with Crippen molar-refractivity contribution in [1.82, 2.24) is 10.2 Å². The number of hydrogen-bond acceptors (Lipinski definition) is 4. The van der Waals surface area contributed by atoms with E-state index >= 15 is 0 Å². The molecule has 2 amide bonds. The van der Waals surface area contributed by atoms with Crippen LogP contribution in [0.2, 0.25) is 0 Å². The second kappa shape index (κ2) is 8.20. The molecule has 1 aliphatic heterocycles. The Morgan fingerprint density at radius 1 is 1.36 bits per heavy atom. The number of nitrogens with one attached hydrogen (secondary N) is 1. The molecular weight excluding hydrogens is 363 g/mol. The fourth-order valence-corrected chi connectivity index (χ4v) is 3.10. The Balaban J connectivity index is 1.53. The van der Waals surface area contributed by atoms with Gasteiger partial charge in [-0.1, -0.05) is 0 Å². The molecule has 28 heavy (non-hydrogen) atoms. The van der Waals surface area contributed by atoms with Crippen LogP contribution in [0.5, 0.6) is 5.75 Å². The fraction of sp³-hybridized carbons (Fsp3) is 0.524. The molecule has 0 unspecified atom stereocenters. The van der Waals surface area contributed by atoms with Gasteiger partial charge in [-0.3, -0.25) is 4.79 Å². The van der Waals surface area contributed by atoms with E-state index in [1.165, 1.54) is 0 Å². The van der Waals surface area contributed by atoms with Crippen molar-refractivity contribution in [3.8, 4) is 5.75 Å². The lowest BCUT2D eigenvalue weighted by atomic mass is 9.98. The number of nitrogens with zero attached hydrogens (tertiary/aromatic N) is 1. The number of rotatable bonds is 6. The molecule has 0 spiro atoms. The van der Waals surface area contributed by atoms with Crippen molar-refractivity contribution in [3.63, 3.8) is 0 Å². The molecule has 2 aliphatic rings. The highest BCUT2D eigenvalue weighted by Gasteiger charge is 2.35. The first-order chi connectivity index (χ1) is 13.3. The standard InChI is InChI=1S/C21H27FN2O4/c1-21(2,3)28-20(26)23-12-14(11-22)13-27-17-6-7-18-15(10-17)8-9-24(19(18)25)16-4-5-16/h6-7,10-11,16H,4-5,8-9,12-13H2,1-3H3,(H,23,26)/b14-11+. The zero-order valence-electron chi connectivity index (χ0n) is 16.6. The molecule has 152 valence electrons. The Morgan fingerprint density at radius 3 is 2.75 bits per heavy atom. The summed E-state index contributed by atoms with van der Waals surface area (Å²) in [6, 6.07) is 5.75. The Morgan fingerprint density at radius 2 is 2.11 bits per heavy atom. The summed E-state index contributed by atoms with van der Waals surface area (Å²) in [6.45, 7) is 5.98. The van der Waals surface area contributed by atoms with Crippen molar-refractivity contribution in [1.29, 1.82) is 0 Å². The third-order valence-electron chi connectivity index (χ3n) is 4.61. The lowest BCUT2D eigenvalue weighted by Gasteiger charge is -2.28. The fourth-order valence-electron chi connectivity index (χ4n) is 3.10. The zero-order chi connectivity index (χ0) is 20.3. The maximum Gasteiger partial charge on any atom is 0.407 e. The third-order valence-corrected chi connectivity index (χ3v) is 4.61. The van der Waals surface area contributed by atoms with Gasteiger partial charge in [-0.05, 0) is 63.8 Å². The molecule has 0 radical (unpaired) electrons. The van der Waals surface area contributed by atoms with Gasteiger partial charge in [-0.15, -0.1) is 0 Å². The Kier molecular flexibility index (Phi) is 5.91. The predicted molar refractivity (Wildman–Crippen MR) is 103 cm³/mol. The Labute approximate surface area is 164 Å². The van der Waals surface area contributed by atoms with Gasteiger partial charge < -0.3 is 19.7 Å². The molecular formula is C21H27FN2O4. The van der Waals surface area contributed by atoms with Crippen molar-refractivity contribution in [3.05, 3.63) is 41.2 Å². The summed E-state index contributed by atoms with van der Waals surface area (Å²) in [6.07, 6.45) is 2.79. The van der Waals surface area contributed by atoms with Crippen molar-refractivity contribution in [2.24, 2.45) is 0 Å². The number of halogens is 1. The highest BCUT2D eigenvalue weighted by atomic mass is 19.1. The molecule has 0 bridgehead atoms. The Hall–Kier alpha value is -2.57. The average molecular weight is 390 g/mol. The molecule has 1 aromatic rings. The maximum atomic E-state index is 13.1. The molecule has 3 rings (SSSR count). The molecule has 1 saturated carbocycles. The molecule has 1 aliphatic carbocycles. The van der Waals surface area contributed by atoms with Crippen molar-refractivity contribution >= 4 is 12.0 Å². The SMILES string of the molecule is CC(C)(C)OC(=O)NC/C(=C\F)COc1ccc2c(c1)CCN(C1CC1)C2=O. The first-order valence-electron chi connectivity index (χ1n) is 9.58. The Bertz CT molecular complexity index is 781. The molecule has 0 atom stereocenters. The van der Waals surface area contributed by atoms with Crippen LogP contribution in [0.25, 0.3) is 0 Å².